The number of aryl methyl sites for hydroxylation is 1. The molecular weight excluding hydrogens is 574 g/mol. The van der Waals surface area contributed by atoms with E-state index >= 15 is 0 Å². The van der Waals surface area contributed by atoms with Gasteiger partial charge in [-0.2, -0.15) is 0 Å². The molecule has 0 bridgehead atoms. The van der Waals surface area contributed by atoms with Gasteiger partial charge in [-0.05, 0) is 74.2 Å². The van der Waals surface area contributed by atoms with Gasteiger partial charge in [0.15, 0.2) is 0 Å². The summed E-state index contributed by atoms with van der Waals surface area (Å²) < 4.78 is 34.6. The highest BCUT2D eigenvalue weighted by molar-refractivity contribution is 7.92. The van der Waals surface area contributed by atoms with E-state index in [0.717, 1.165) is 28.3 Å². The van der Waals surface area contributed by atoms with Crippen molar-refractivity contribution < 1.29 is 22.7 Å². The van der Waals surface area contributed by atoms with Gasteiger partial charge in [0.1, 0.15) is 18.3 Å². The second-order valence-corrected chi connectivity index (χ2v) is 12.4. The van der Waals surface area contributed by atoms with Crippen molar-refractivity contribution in [3.8, 4) is 5.75 Å². The molecule has 8 nitrogen and oxygen atoms in total. The Hall–Kier alpha value is -3.56. The number of hydrogen-bond donors (Lipinski definition) is 1. The molecule has 3 rings (SSSR count). The molecule has 1 atom stereocenters. The summed E-state index contributed by atoms with van der Waals surface area (Å²) in [6, 6.07) is 17.8. The van der Waals surface area contributed by atoms with Crippen LogP contribution in [0.2, 0.25) is 5.02 Å². The van der Waals surface area contributed by atoms with Gasteiger partial charge in [-0.15, -0.1) is 0 Å². The Kier molecular flexibility index (Phi) is 11.8. The number of nitrogens with zero attached hydrogens (tertiary/aromatic N) is 2. The van der Waals surface area contributed by atoms with E-state index in [0.29, 0.717) is 35.0 Å². The Morgan fingerprint density at radius 2 is 1.69 bits per heavy atom. The first kappa shape index (κ1) is 32.9. The van der Waals surface area contributed by atoms with Gasteiger partial charge >= 0.3 is 0 Å². The topological polar surface area (TPSA) is 96.0 Å². The molecule has 0 aliphatic rings. The summed E-state index contributed by atoms with van der Waals surface area (Å²) in [5.41, 5.74) is 2.46. The lowest BCUT2D eigenvalue weighted by molar-refractivity contribution is -0.140. The molecule has 0 unspecified atom stereocenters. The molecule has 0 radical (unpaired) electrons. The van der Waals surface area contributed by atoms with Gasteiger partial charge in [-0.25, -0.2) is 8.42 Å². The summed E-state index contributed by atoms with van der Waals surface area (Å²) in [5.74, 6) is -0.196. The van der Waals surface area contributed by atoms with Gasteiger partial charge in [0, 0.05) is 18.1 Å². The predicted molar refractivity (Wildman–Crippen MR) is 167 cm³/mol. The maximum atomic E-state index is 14.2. The van der Waals surface area contributed by atoms with Crippen LogP contribution in [0.3, 0.4) is 0 Å². The highest BCUT2D eigenvalue weighted by Crippen LogP contribution is 2.31. The molecule has 0 saturated carbocycles. The fourth-order valence-electron chi connectivity index (χ4n) is 4.61. The maximum absolute atomic E-state index is 14.2. The zero-order valence-corrected chi connectivity index (χ0v) is 26.5. The minimum atomic E-state index is -4.19. The van der Waals surface area contributed by atoms with Gasteiger partial charge in [-0.1, -0.05) is 67.8 Å². The average Bonchev–Trinajstić information content (AvgIpc) is 2.97. The number of carbonyl (C=O) groups is 2. The van der Waals surface area contributed by atoms with Crippen molar-refractivity contribution in [3.05, 3.63) is 88.4 Å². The number of methoxy groups -OCH3 is 1. The number of carbonyl (C=O) groups excluding carboxylic acids is 2. The van der Waals surface area contributed by atoms with Crippen LogP contribution >= 0.6 is 11.6 Å². The highest BCUT2D eigenvalue weighted by Gasteiger charge is 2.34. The summed E-state index contributed by atoms with van der Waals surface area (Å²) >= 11 is 6.40. The first-order valence-corrected chi connectivity index (χ1v) is 15.9. The molecular formula is C32H40ClN3O5S. The van der Waals surface area contributed by atoms with Crippen molar-refractivity contribution in [2.45, 2.75) is 64.4 Å². The second kappa shape index (κ2) is 15.1. The standard InChI is InChI=1S/C32H40ClN3O5S/c1-6-8-19-34-32(38)29(7-2)35(21-25-11-9-12-26(20-25)41-5)31(37)22-36(30-14-10-13-28(33)24(30)4)42(39,40)27-17-15-23(3)16-18-27/h9-18,20,29H,6-8,19,21-22H2,1-5H3,(H,34,38)/t29-/m0/s1. The van der Waals surface area contributed by atoms with E-state index in [1.807, 2.05) is 32.9 Å². The average molecular weight is 614 g/mol. The van der Waals surface area contributed by atoms with E-state index < -0.39 is 28.5 Å². The number of sulfonamides is 1. The van der Waals surface area contributed by atoms with Crippen LogP contribution in [0.25, 0.3) is 0 Å². The van der Waals surface area contributed by atoms with Crippen LogP contribution in [-0.4, -0.2) is 51.4 Å². The number of amides is 2. The van der Waals surface area contributed by atoms with Gasteiger partial charge in [0.05, 0.1) is 17.7 Å². The summed E-state index contributed by atoms with van der Waals surface area (Å²) in [6.45, 7) is 7.49. The smallest absolute Gasteiger partial charge is 0.264 e. The first-order chi connectivity index (χ1) is 20.0. The minimum absolute atomic E-state index is 0.0453. The zero-order chi connectivity index (χ0) is 30.9. The van der Waals surface area contributed by atoms with E-state index in [1.54, 1.807) is 56.5 Å². The zero-order valence-electron chi connectivity index (χ0n) is 24.9. The number of hydrogen-bond acceptors (Lipinski definition) is 5. The van der Waals surface area contributed by atoms with Crippen LogP contribution in [0, 0.1) is 13.8 Å². The van der Waals surface area contributed by atoms with E-state index in [2.05, 4.69) is 5.32 Å². The van der Waals surface area contributed by atoms with Gasteiger partial charge in [-0.3, -0.25) is 13.9 Å². The molecule has 0 heterocycles. The molecule has 10 heteroatoms. The Labute approximate surface area is 254 Å². The maximum Gasteiger partial charge on any atom is 0.264 e. The lowest BCUT2D eigenvalue weighted by Crippen LogP contribution is -2.52. The van der Waals surface area contributed by atoms with Crippen molar-refractivity contribution in [3.63, 3.8) is 0 Å². The molecule has 0 fully saturated rings. The minimum Gasteiger partial charge on any atom is -0.497 e. The number of nitrogens with one attached hydrogen (secondary N) is 1. The lowest BCUT2D eigenvalue weighted by Gasteiger charge is -2.33. The van der Waals surface area contributed by atoms with E-state index in [-0.39, 0.29) is 17.3 Å². The molecule has 0 saturated heterocycles. The van der Waals surface area contributed by atoms with Crippen LogP contribution in [0.4, 0.5) is 5.69 Å². The van der Waals surface area contributed by atoms with Gasteiger partial charge < -0.3 is 15.0 Å². The Morgan fingerprint density at radius 1 is 1.00 bits per heavy atom. The molecule has 3 aromatic carbocycles. The Bertz CT molecular complexity index is 1480. The van der Waals surface area contributed by atoms with Gasteiger partial charge in [0.25, 0.3) is 10.0 Å². The molecule has 226 valence electrons. The fraction of sp³-hybridized carbons (Fsp3) is 0.375. The predicted octanol–water partition coefficient (Wildman–Crippen LogP) is 5.88. The first-order valence-electron chi connectivity index (χ1n) is 14.1. The van der Waals surface area contributed by atoms with Crippen molar-refractivity contribution in [1.29, 1.82) is 0 Å². The SMILES string of the molecule is CCCCNC(=O)[C@H](CC)N(Cc1cccc(OC)c1)C(=O)CN(c1cccc(Cl)c1C)S(=O)(=O)c1ccc(C)cc1. The highest BCUT2D eigenvalue weighted by atomic mass is 35.5. The quantitative estimate of drug-likeness (QED) is 0.229. The molecule has 0 spiro atoms. The summed E-state index contributed by atoms with van der Waals surface area (Å²) in [5, 5.41) is 3.31. The van der Waals surface area contributed by atoms with Crippen molar-refractivity contribution in [1.82, 2.24) is 10.2 Å². The number of rotatable bonds is 14. The summed E-state index contributed by atoms with van der Waals surface area (Å²) in [4.78, 5) is 29.1. The van der Waals surface area contributed by atoms with Crippen molar-refractivity contribution >= 4 is 39.1 Å². The van der Waals surface area contributed by atoms with Crippen molar-refractivity contribution in [2.24, 2.45) is 0 Å². The van der Waals surface area contributed by atoms with Crippen LogP contribution < -0.4 is 14.4 Å². The number of benzene rings is 3. The van der Waals surface area contributed by atoms with Crippen LogP contribution in [0.5, 0.6) is 5.75 Å². The van der Waals surface area contributed by atoms with Crippen molar-refractivity contribution in [2.75, 3.05) is 24.5 Å². The Balaban J connectivity index is 2.09. The van der Waals surface area contributed by atoms with Crippen LogP contribution in [-0.2, 0) is 26.2 Å². The van der Waals surface area contributed by atoms with E-state index in [4.69, 9.17) is 16.3 Å². The summed E-state index contributed by atoms with van der Waals surface area (Å²) in [7, 11) is -2.63. The largest absolute Gasteiger partial charge is 0.497 e. The van der Waals surface area contributed by atoms with E-state index in [1.165, 1.54) is 17.0 Å². The third kappa shape index (κ3) is 8.04. The third-order valence-electron chi connectivity index (χ3n) is 7.10. The fourth-order valence-corrected chi connectivity index (χ4v) is 6.25. The van der Waals surface area contributed by atoms with Crippen LogP contribution in [0.1, 0.15) is 49.8 Å². The molecule has 0 aliphatic carbocycles. The van der Waals surface area contributed by atoms with Gasteiger partial charge in [0.2, 0.25) is 11.8 Å². The molecule has 0 aliphatic heterocycles. The summed E-state index contributed by atoms with van der Waals surface area (Å²) in [6.07, 6.45) is 2.06. The van der Waals surface area contributed by atoms with E-state index in [9.17, 15) is 18.0 Å². The molecule has 3 aromatic rings. The Morgan fingerprint density at radius 3 is 2.33 bits per heavy atom. The molecule has 42 heavy (non-hydrogen) atoms. The molecule has 0 aromatic heterocycles. The monoisotopic (exact) mass is 613 g/mol. The number of halogens is 1. The lowest BCUT2D eigenvalue weighted by atomic mass is 10.1. The van der Waals surface area contributed by atoms with Crippen LogP contribution in [0.15, 0.2) is 71.6 Å². The molecule has 2 amide bonds. The third-order valence-corrected chi connectivity index (χ3v) is 9.28. The second-order valence-electron chi connectivity index (χ2n) is 10.2. The normalized spacial score (nSPS) is 12.0. The molecule has 1 N–H and O–H groups in total. The number of anilines is 1. The number of ether oxygens (including phenoxy) is 1. The number of unbranched alkanes of at least 4 members (excludes halogenated alkanes) is 1.